The number of pyridine rings is 1. The lowest BCUT2D eigenvalue weighted by Gasteiger charge is -2.05. The Labute approximate surface area is 81.2 Å². The number of hydrogen-bond acceptors (Lipinski definition) is 3. The van der Waals surface area contributed by atoms with Crippen LogP contribution >= 0.6 is 11.6 Å². The van der Waals surface area contributed by atoms with E-state index in [2.05, 4.69) is 4.98 Å². The lowest BCUT2D eigenvalue weighted by atomic mass is 10.3. The molecule has 0 aliphatic rings. The molecular formula is C8H10ClN3O. The first-order chi connectivity index (χ1) is 6.15. The molecule has 70 valence electrons. The van der Waals surface area contributed by atoms with Crippen molar-refractivity contribution in [3.8, 4) is 5.88 Å². The van der Waals surface area contributed by atoms with E-state index in [0.29, 0.717) is 17.5 Å². The summed E-state index contributed by atoms with van der Waals surface area (Å²) in [7, 11) is 0. The van der Waals surface area contributed by atoms with Gasteiger partial charge in [-0.2, -0.15) is 0 Å². The molecule has 0 aliphatic heterocycles. The SMILES string of the molecule is CCOc1ccc(Cl)c(C(=N)N)n1. The topological polar surface area (TPSA) is 72.0 Å². The summed E-state index contributed by atoms with van der Waals surface area (Å²) in [5.74, 6) is 0.267. The molecule has 5 heteroatoms. The Morgan fingerprint density at radius 2 is 2.38 bits per heavy atom. The van der Waals surface area contributed by atoms with Gasteiger partial charge in [-0.15, -0.1) is 0 Å². The number of halogens is 1. The molecule has 1 rings (SSSR count). The van der Waals surface area contributed by atoms with Gasteiger partial charge in [0.25, 0.3) is 0 Å². The lowest BCUT2D eigenvalue weighted by molar-refractivity contribution is 0.326. The van der Waals surface area contributed by atoms with Gasteiger partial charge in [-0.25, -0.2) is 4.98 Å². The summed E-state index contributed by atoms with van der Waals surface area (Å²) in [6.45, 7) is 2.37. The number of nitrogens with two attached hydrogens (primary N) is 1. The summed E-state index contributed by atoms with van der Waals surface area (Å²) in [6, 6.07) is 3.24. The van der Waals surface area contributed by atoms with E-state index in [-0.39, 0.29) is 11.5 Å². The second-order valence-corrected chi connectivity index (χ2v) is 2.73. The first kappa shape index (κ1) is 9.80. The molecule has 0 saturated carbocycles. The second kappa shape index (κ2) is 4.09. The van der Waals surface area contributed by atoms with Crippen molar-refractivity contribution < 1.29 is 4.74 Å². The lowest BCUT2D eigenvalue weighted by Crippen LogP contribution is -2.14. The van der Waals surface area contributed by atoms with Gasteiger partial charge < -0.3 is 10.5 Å². The van der Waals surface area contributed by atoms with Crippen LogP contribution in [0, 0.1) is 5.41 Å². The van der Waals surface area contributed by atoms with Crippen LogP contribution in [-0.2, 0) is 0 Å². The van der Waals surface area contributed by atoms with E-state index in [4.69, 9.17) is 27.5 Å². The highest BCUT2D eigenvalue weighted by Gasteiger charge is 2.06. The Morgan fingerprint density at radius 1 is 1.69 bits per heavy atom. The van der Waals surface area contributed by atoms with Crippen LogP contribution in [0.1, 0.15) is 12.6 Å². The molecule has 0 unspecified atom stereocenters. The molecule has 0 aromatic carbocycles. The van der Waals surface area contributed by atoms with E-state index in [0.717, 1.165) is 0 Å². The summed E-state index contributed by atoms with van der Waals surface area (Å²) >= 11 is 5.75. The number of nitrogen functional groups attached to an aromatic ring is 1. The number of nitrogens with zero attached hydrogens (tertiary/aromatic N) is 1. The highest BCUT2D eigenvalue weighted by molar-refractivity contribution is 6.33. The van der Waals surface area contributed by atoms with Crippen molar-refractivity contribution in [2.75, 3.05) is 6.61 Å². The largest absolute Gasteiger partial charge is 0.478 e. The molecule has 3 N–H and O–H groups in total. The van der Waals surface area contributed by atoms with Gasteiger partial charge in [0.2, 0.25) is 5.88 Å². The zero-order chi connectivity index (χ0) is 9.84. The van der Waals surface area contributed by atoms with E-state index in [1.54, 1.807) is 12.1 Å². The van der Waals surface area contributed by atoms with Crippen molar-refractivity contribution in [1.29, 1.82) is 5.41 Å². The Morgan fingerprint density at radius 3 is 2.92 bits per heavy atom. The van der Waals surface area contributed by atoms with Crippen LogP contribution in [0.4, 0.5) is 0 Å². The van der Waals surface area contributed by atoms with Crippen molar-refractivity contribution in [1.82, 2.24) is 4.98 Å². The van der Waals surface area contributed by atoms with Crippen LogP contribution in [0.5, 0.6) is 5.88 Å². The molecule has 0 fully saturated rings. The van der Waals surface area contributed by atoms with Crippen LogP contribution in [0.15, 0.2) is 12.1 Å². The third-order valence-electron chi connectivity index (χ3n) is 1.37. The van der Waals surface area contributed by atoms with E-state index >= 15 is 0 Å². The Bertz CT molecular complexity index is 327. The van der Waals surface area contributed by atoms with Gasteiger partial charge in [-0.1, -0.05) is 11.6 Å². The minimum Gasteiger partial charge on any atom is -0.478 e. The molecule has 0 amide bonds. The molecule has 13 heavy (non-hydrogen) atoms. The number of rotatable bonds is 3. The second-order valence-electron chi connectivity index (χ2n) is 2.33. The van der Waals surface area contributed by atoms with Crippen LogP contribution < -0.4 is 10.5 Å². The third kappa shape index (κ3) is 2.32. The quantitative estimate of drug-likeness (QED) is 0.571. The number of ether oxygens (including phenoxy) is 1. The third-order valence-corrected chi connectivity index (χ3v) is 1.67. The molecule has 4 nitrogen and oxygen atoms in total. The minimum atomic E-state index is -0.161. The van der Waals surface area contributed by atoms with Crippen LogP contribution in [0.25, 0.3) is 0 Å². The minimum absolute atomic E-state index is 0.161. The van der Waals surface area contributed by atoms with Gasteiger partial charge in [0, 0.05) is 6.07 Å². The maximum Gasteiger partial charge on any atom is 0.213 e. The maximum atomic E-state index is 7.18. The van der Waals surface area contributed by atoms with Gasteiger partial charge in [-0.05, 0) is 13.0 Å². The average Bonchev–Trinajstić information content (AvgIpc) is 2.08. The highest BCUT2D eigenvalue weighted by atomic mass is 35.5. The smallest absolute Gasteiger partial charge is 0.213 e. The first-order valence-electron chi connectivity index (χ1n) is 3.79. The Kier molecular flexibility index (Phi) is 3.08. The molecule has 0 aliphatic carbocycles. The number of nitrogens with one attached hydrogen (secondary N) is 1. The number of aromatic nitrogens is 1. The summed E-state index contributed by atoms with van der Waals surface area (Å²) in [5, 5.41) is 7.54. The average molecular weight is 200 g/mol. The first-order valence-corrected chi connectivity index (χ1v) is 4.16. The zero-order valence-corrected chi connectivity index (χ0v) is 7.93. The molecule has 0 atom stereocenters. The molecule has 1 aromatic rings. The van der Waals surface area contributed by atoms with Gasteiger partial charge in [0.1, 0.15) is 11.5 Å². The number of hydrogen-bond donors (Lipinski definition) is 2. The summed E-state index contributed by atoms with van der Waals surface area (Å²) < 4.78 is 5.13. The van der Waals surface area contributed by atoms with E-state index in [1.165, 1.54) is 0 Å². The maximum absolute atomic E-state index is 7.18. The Hall–Kier alpha value is -1.29. The summed E-state index contributed by atoms with van der Waals surface area (Å²) in [4.78, 5) is 3.96. The molecule has 0 radical (unpaired) electrons. The molecular weight excluding hydrogens is 190 g/mol. The van der Waals surface area contributed by atoms with E-state index < -0.39 is 0 Å². The normalized spacial score (nSPS) is 9.69. The fourth-order valence-electron chi connectivity index (χ4n) is 0.841. The molecule has 1 heterocycles. The van der Waals surface area contributed by atoms with E-state index in [1.807, 2.05) is 6.92 Å². The van der Waals surface area contributed by atoms with Crippen LogP contribution in [0.2, 0.25) is 5.02 Å². The Balaban J connectivity index is 3.04. The summed E-state index contributed by atoms with van der Waals surface area (Å²) in [5.41, 5.74) is 5.52. The highest BCUT2D eigenvalue weighted by Crippen LogP contribution is 2.17. The van der Waals surface area contributed by atoms with E-state index in [9.17, 15) is 0 Å². The molecule has 0 spiro atoms. The monoisotopic (exact) mass is 199 g/mol. The van der Waals surface area contributed by atoms with Crippen molar-refractivity contribution in [3.63, 3.8) is 0 Å². The van der Waals surface area contributed by atoms with Gasteiger partial charge >= 0.3 is 0 Å². The number of amidine groups is 1. The summed E-state index contributed by atoms with van der Waals surface area (Å²) in [6.07, 6.45) is 0. The fraction of sp³-hybridized carbons (Fsp3) is 0.250. The predicted octanol–water partition coefficient (Wildman–Crippen LogP) is 1.42. The fourth-order valence-corrected chi connectivity index (χ4v) is 1.05. The van der Waals surface area contributed by atoms with Crippen LogP contribution in [0.3, 0.4) is 0 Å². The molecule has 1 aromatic heterocycles. The van der Waals surface area contributed by atoms with Crippen molar-refractivity contribution in [2.45, 2.75) is 6.92 Å². The van der Waals surface area contributed by atoms with Gasteiger partial charge in [0.05, 0.1) is 11.6 Å². The van der Waals surface area contributed by atoms with Crippen molar-refractivity contribution in [2.24, 2.45) is 5.73 Å². The predicted molar refractivity (Wildman–Crippen MR) is 51.4 cm³/mol. The standard InChI is InChI=1S/C8H10ClN3O/c1-2-13-6-4-3-5(9)7(12-6)8(10)11/h3-4H,2H2,1H3,(H3,10,11). The van der Waals surface area contributed by atoms with Crippen molar-refractivity contribution >= 4 is 17.4 Å². The zero-order valence-electron chi connectivity index (χ0n) is 7.17. The van der Waals surface area contributed by atoms with Crippen LogP contribution in [-0.4, -0.2) is 17.4 Å². The molecule has 0 saturated heterocycles. The van der Waals surface area contributed by atoms with Crippen molar-refractivity contribution in [3.05, 3.63) is 22.8 Å². The molecule has 0 bridgehead atoms. The van der Waals surface area contributed by atoms with Gasteiger partial charge in [-0.3, -0.25) is 5.41 Å². The van der Waals surface area contributed by atoms with Gasteiger partial charge in [0.15, 0.2) is 0 Å².